The lowest BCUT2D eigenvalue weighted by Gasteiger charge is -2.20. The number of ether oxygens (including phenoxy) is 2. The lowest BCUT2D eigenvalue weighted by molar-refractivity contribution is -0.161. The van der Waals surface area contributed by atoms with Crippen molar-refractivity contribution in [3.8, 4) is 0 Å². The molecule has 0 amide bonds. The fraction of sp³-hybridized carbons (Fsp3) is 0.889. The van der Waals surface area contributed by atoms with Gasteiger partial charge in [0.15, 0.2) is 6.10 Å². The molecule has 39 heavy (non-hydrogen) atoms. The fourth-order valence-electron chi connectivity index (χ4n) is 3.71. The van der Waals surface area contributed by atoms with Crippen LogP contribution in [0.1, 0.15) is 123 Å². The molecule has 11 nitrogen and oxygen atoms in total. The second-order valence-corrected chi connectivity index (χ2v) is 11.3. The van der Waals surface area contributed by atoms with E-state index in [-0.39, 0.29) is 19.4 Å². The number of aliphatic carboxylic acids is 1. The largest absolute Gasteiger partial charge is 0.480 e. The summed E-state index contributed by atoms with van der Waals surface area (Å²) in [5, 5.41) is 8.77. The average molecular weight is 582 g/mol. The van der Waals surface area contributed by atoms with Crippen LogP contribution in [0.25, 0.3) is 0 Å². The molecule has 0 radical (unpaired) electrons. The van der Waals surface area contributed by atoms with Crippen LogP contribution in [-0.4, -0.2) is 59.9 Å². The topological polar surface area (TPSA) is 172 Å². The van der Waals surface area contributed by atoms with E-state index in [1.165, 1.54) is 44.9 Å². The van der Waals surface area contributed by atoms with Crippen molar-refractivity contribution in [2.75, 3.05) is 19.8 Å². The zero-order valence-electron chi connectivity index (χ0n) is 24.0. The molecule has 3 atom stereocenters. The molecule has 1 unspecified atom stereocenters. The number of carbonyl (C=O) groups excluding carboxylic acids is 2. The number of carboxylic acids is 1. The zero-order valence-corrected chi connectivity index (χ0v) is 24.9. The SMILES string of the molecule is CCCCCCCCCCCCCC(=O)O[C@H](COC(=O)CCCCCC)COP(=O)(O)OC[C@H](N)C(=O)O. The van der Waals surface area contributed by atoms with Crippen molar-refractivity contribution in [1.29, 1.82) is 0 Å². The number of phosphoric acid groups is 1. The number of hydrogen-bond acceptors (Lipinski definition) is 9. The van der Waals surface area contributed by atoms with Gasteiger partial charge in [0.25, 0.3) is 0 Å². The summed E-state index contributed by atoms with van der Waals surface area (Å²) in [5.74, 6) is -2.40. The maximum Gasteiger partial charge on any atom is 0.472 e. The maximum atomic E-state index is 12.4. The van der Waals surface area contributed by atoms with E-state index in [1.54, 1.807) is 0 Å². The molecule has 0 aliphatic carbocycles. The highest BCUT2D eigenvalue weighted by molar-refractivity contribution is 7.47. The molecule has 0 aliphatic rings. The van der Waals surface area contributed by atoms with Crippen LogP contribution in [0, 0.1) is 0 Å². The molecule has 0 aromatic rings. The first-order chi connectivity index (χ1) is 18.6. The van der Waals surface area contributed by atoms with Gasteiger partial charge in [0.2, 0.25) is 0 Å². The summed E-state index contributed by atoms with van der Waals surface area (Å²) in [4.78, 5) is 44.9. The fourth-order valence-corrected chi connectivity index (χ4v) is 4.49. The Morgan fingerprint density at radius 3 is 1.64 bits per heavy atom. The highest BCUT2D eigenvalue weighted by atomic mass is 31.2. The smallest absolute Gasteiger partial charge is 0.472 e. The summed E-state index contributed by atoms with van der Waals surface area (Å²) in [6.07, 6.45) is 15.5. The Morgan fingerprint density at radius 2 is 1.13 bits per heavy atom. The van der Waals surface area contributed by atoms with Gasteiger partial charge in [0.05, 0.1) is 13.2 Å². The van der Waals surface area contributed by atoms with E-state index < -0.39 is 51.1 Å². The molecule has 0 spiro atoms. The Bertz CT molecular complexity index is 706. The molecule has 0 saturated heterocycles. The summed E-state index contributed by atoms with van der Waals surface area (Å²) in [5.41, 5.74) is 5.26. The van der Waals surface area contributed by atoms with Gasteiger partial charge in [-0.1, -0.05) is 97.3 Å². The molecule has 0 aromatic carbocycles. The van der Waals surface area contributed by atoms with E-state index in [9.17, 15) is 23.8 Å². The van der Waals surface area contributed by atoms with Crippen LogP contribution in [-0.2, 0) is 37.5 Å². The van der Waals surface area contributed by atoms with Crippen molar-refractivity contribution in [2.24, 2.45) is 5.73 Å². The number of phosphoric ester groups is 1. The van der Waals surface area contributed by atoms with E-state index in [4.69, 9.17) is 24.8 Å². The van der Waals surface area contributed by atoms with E-state index in [0.29, 0.717) is 12.8 Å². The molecule has 0 bridgehead atoms. The van der Waals surface area contributed by atoms with Crippen LogP contribution < -0.4 is 5.73 Å². The number of rotatable bonds is 27. The van der Waals surface area contributed by atoms with Crippen molar-refractivity contribution in [3.05, 3.63) is 0 Å². The van der Waals surface area contributed by atoms with Crippen LogP contribution in [0.5, 0.6) is 0 Å². The molecule has 0 aliphatic heterocycles. The average Bonchev–Trinajstić information content (AvgIpc) is 2.89. The predicted molar refractivity (Wildman–Crippen MR) is 148 cm³/mol. The van der Waals surface area contributed by atoms with Gasteiger partial charge in [-0.15, -0.1) is 0 Å². The van der Waals surface area contributed by atoms with Crippen molar-refractivity contribution in [1.82, 2.24) is 0 Å². The number of nitrogens with two attached hydrogens (primary N) is 1. The molecule has 230 valence electrons. The van der Waals surface area contributed by atoms with E-state index in [1.807, 2.05) is 0 Å². The molecule has 0 heterocycles. The normalized spacial score (nSPS) is 14.4. The van der Waals surface area contributed by atoms with Crippen molar-refractivity contribution in [3.63, 3.8) is 0 Å². The summed E-state index contributed by atoms with van der Waals surface area (Å²) < 4.78 is 32.0. The van der Waals surface area contributed by atoms with E-state index >= 15 is 0 Å². The third-order valence-electron chi connectivity index (χ3n) is 6.11. The summed E-state index contributed by atoms with van der Waals surface area (Å²) in [6, 6.07) is -1.51. The molecular weight excluding hydrogens is 529 g/mol. The molecular formula is C27H52NO10P. The van der Waals surface area contributed by atoms with Crippen LogP contribution in [0.3, 0.4) is 0 Å². The zero-order chi connectivity index (χ0) is 29.4. The first-order valence-electron chi connectivity index (χ1n) is 14.6. The Hall–Kier alpha value is -1.52. The Kier molecular flexibility index (Phi) is 23.3. The highest BCUT2D eigenvalue weighted by Crippen LogP contribution is 2.43. The second kappa shape index (κ2) is 24.3. The van der Waals surface area contributed by atoms with Gasteiger partial charge in [0.1, 0.15) is 12.6 Å². The van der Waals surface area contributed by atoms with E-state index in [2.05, 4.69) is 18.4 Å². The Labute approximate surface area is 234 Å². The molecule has 0 aromatic heterocycles. The van der Waals surface area contributed by atoms with Gasteiger partial charge in [-0.2, -0.15) is 0 Å². The third-order valence-corrected chi connectivity index (χ3v) is 7.06. The maximum absolute atomic E-state index is 12.4. The number of carbonyl (C=O) groups is 3. The lowest BCUT2D eigenvalue weighted by Crippen LogP contribution is -2.34. The molecule has 0 rings (SSSR count). The first kappa shape index (κ1) is 37.5. The van der Waals surface area contributed by atoms with Crippen LogP contribution in [0.2, 0.25) is 0 Å². The van der Waals surface area contributed by atoms with Gasteiger partial charge >= 0.3 is 25.7 Å². The number of carboxylic acid groups (broad SMARTS) is 1. The Morgan fingerprint density at radius 1 is 0.692 bits per heavy atom. The standard InChI is InChI=1S/C27H52NO10P/c1-3-5-7-9-10-11-12-13-14-15-17-19-26(30)38-23(20-35-25(29)18-16-8-6-4-2)21-36-39(33,34)37-22-24(28)27(31)32/h23-24H,3-22,28H2,1-2H3,(H,31,32)(H,33,34)/t23-,24+/m1/s1. The van der Waals surface area contributed by atoms with Crippen molar-refractivity contribution in [2.45, 2.75) is 135 Å². The molecule has 4 N–H and O–H groups in total. The number of esters is 2. The minimum absolute atomic E-state index is 0.166. The van der Waals surface area contributed by atoms with Crippen molar-refractivity contribution >= 4 is 25.7 Å². The molecule has 0 saturated carbocycles. The van der Waals surface area contributed by atoms with Crippen molar-refractivity contribution < 1.29 is 47.5 Å². The third kappa shape index (κ3) is 24.0. The van der Waals surface area contributed by atoms with Gasteiger partial charge < -0.3 is 25.2 Å². The van der Waals surface area contributed by atoms with E-state index in [0.717, 1.165) is 38.5 Å². The molecule has 0 fully saturated rings. The van der Waals surface area contributed by atoms with Gasteiger partial charge in [-0.3, -0.25) is 23.4 Å². The number of unbranched alkanes of at least 4 members (excludes halogenated alkanes) is 13. The minimum atomic E-state index is -4.68. The van der Waals surface area contributed by atoms with Crippen LogP contribution >= 0.6 is 7.82 Å². The minimum Gasteiger partial charge on any atom is -0.480 e. The van der Waals surface area contributed by atoms with Gasteiger partial charge in [0, 0.05) is 12.8 Å². The summed E-state index contributed by atoms with van der Waals surface area (Å²) in [7, 11) is -4.68. The van der Waals surface area contributed by atoms with Gasteiger partial charge in [-0.25, -0.2) is 4.57 Å². The molecule has 12 heteroatoms. The van der Waals surface area contributed by atoms with Crippen LogP contribution in [0.15, 0.2) is 0 Å². The number of hydrogen-bond donors (Lipinski definition) is 3. The second-order valence-electron chi connectivity index (χ2n) is 9.90. The quantitative estimate of drug-likeness (QED) is 0.0621. The highest BCUT2D eigenvalue weighted by Gasteiger charge is 2.28. The predicted octanol–water partition coefficient (Wildman–Crippen LogP) is 5.66. The van der Waals surface area contributed by atoms with Gasteiger partial charge in [-0.05, 0) is 12.8 Å². The Balaban J connectivity index is 4.49. The monoisotopic (exact) mass is 581 g/mol. The van der Waals surface area contributed by atoms with Crippen LogP contribution in [0.4, 0.5) is 0 Å². The first-order valence-corrected chi connectivity index (χ1v) is 16.1. The summed E-state index contributed by atoms with van der Waals surface area (Å²) >= 11 is 0. The summed E-state index contributed by atoms with van der Waals surface area (Å²) in [6.45, 7) is 2.60. The lowest BCUT2D eigenvalue weighted by atomic mass is 10.1.